The van der Waals surface area contributed by atoms with Crippen LogP contribution in [0.1, 0.15) is 24.5 Å². The molecule has 0 bridgehead atoms. The second-order valence-corrected chi connectivity index (χ2v) is 8.71. The van der Waals surface area contributed by atoms with Crippen molar-refractivity contribution in [3.8, 4) is 5.75 Å². The van der Waals surface area contributed by atoms with E-state index in [4.69, 9.17) is 4.74 Å². The van der Waals surface area contributed by atoms with Crippen LogP contribution in [-0.2, 0) is 14.8 Å². The van der Waals surface area contributed by atoms with Crippen molar-refractivity contribution in [1.82, 2.24) is 0 Å². The molecule has 0 aromatic heterocycles. The van der Waals surface area contributed by atoms with Crippen LogP contribution in [0, 0.1) is 24.0 Å². The normalized spacial score (nSPS) is 12.2. The molecule has 0 fully saturated rings. The maximum absolute atomic E-state index is 13.1. The lowest BCUT2D eigenvalue weighted by Gasteiger charge is -2.31. The minimum absolute atomic E-state index is 0.0716. The standard InChI is InChI=1S/C20H25N3O6S/c1-6-16(20(24)21-19-13(2)8-7-9-14(19)3)22(30(5,27)28)17-12-15(23(25)26)10-11-18(17)29-4/h7-12,16H,6H2,1-5H3,(H,21,24)/t16-/m0/s1. The molecule has 0 spiro atoms. The van der Waals surface area contributed by atoms with Gasteiger partial charge in [-0.05, 0) is 37.5 Å². The predicted molar refractivity (Wildman–Crippen MR) is 116 cm³/mol. The summed E-state index contributed by atoms with van der Waals surface area (Å²) in [7, 11) is -2.67. The fraction of sp³-hybridized carbons (Fsp3) is 0.350. The van der Waals surface area contributed by atoms with Gasteiger partial charge in [0.15, 0.2) is 0 Å². The highest BCUT2D eigenvalue weighted by molar-refractivity contribution is 7.92. The predicted octanol–water partition coefficient (Wildman–Crippen LogP) is 3.40. The molecule has 0 aliphatic carbocycles. The second kappa shape index (κ2) is 9.12. The van der Waals surface area contributed by atoms with Gasteiger partial charge in [-0.25, -0.2) is 8.42 Å². The molecule has 0 saturated carbocycles. The van der Waals surface area contributed by atoms with Crippen LogP contribution in [0.3, 0.4) is 0 Å². The van der Waals surface area contributed by atoms with Gasteiger partial charge in [0.1, 0.15) is 17.5 Å². The van der Waals surface area contributed by atoms with Crippen molar-refractivity contribution >= 4 is 33.0 Å². The molecule has 9 nitrogen and oxygen atoms in total. The topological polar surface area (TPSA) is 119 Å². The number of amides is 1. The average molecular weight is 436 g/mol. The first-order valence-corrected chi connectivity index (χ1v) is 11.0. The first-order valence-electron chi connectivity index (χ1n) is 9.20. The van der Waals surface area contributed by atoms with Gasteiger partial charge >= 0.3 is 0 Å². The Kier molecular flexibility index (Phi) is 7.04. The number of methoxy groups -OCH3 is 1. The number of non-ortho nitro benzene ring substituents is 1. The fourth-order valence-electron chi connectivity index (χ4n) is 3.22. The molecule has 0 unspecified atom stereocenters. The number of nitro benzene ring substituents is 1. The molecule has 0 radical (unpaired) electrons. The van der Waals surface area contributed by atoms with Crippen LogP contribution >= 0.6 is 0 Å². The molecule has 0 aliphatic rings. The Morgan fingerprint density at radius 2 is 1.83 bits per heavy atom. The fourth-order valence-corrected chi connectivity index (χ4v) is 4.42. The number of hydrogen-bond donors (Lipinski definition) is 1. The summed E-state index contributed by atoms with van der Waals surface area (Å²) < 4.78 is 31.5. The van der Waals surface area contributed by atoms with E-state index in [0.29, 0.717) is 5.69 Å². The summed E-state index contributed by atoms with van der Waals surface area (Å²) in [5, 5.41) is 14.0. The van der Waals surface area contributed by atoms with Gasteiger partial charge in [-0.3, -0.25) is 19.2 Å². The molecule has 0 saturated heterocycles. The average Bonchev–Trinajstić information content (AvgIpc) is 2.67. The van der Waals surface area contributed by atoms with Crippen molar-refractivity contribution in [2.45, 2.75) is 33.2 Å². The lowest BCUT2D eigenvalue weighted by Crippen LogP contribution is -2.47. The Hall–Kier alpha value is -3.14. The zero-order chi connectivity index (χ0) is 22.6. The lowest BCUT2D eigenvalue weighted by molar-refractivity contribution is -0.384. The third kappa shape index (κ3) is 4.88. The zero-order valence-electron chi connectivity index (χ0n) is 17.5. The number of ether oxygens (including phenoxy) is 1. The van der Waals surface area contributed by atoms with E-state index in [1.54, 1.807) is 6.92 Å². The van der Waals surface area contributed by atoms with Crippen LogP contribution in [0.5, 0.6) is 5.75 Å². The Morgan fingerprint density at radius 3 is 2.30 bits per heavy atom. The van der Waals surface area contributed by atoms with Crippen molar-refractivity contribution in [3.05, 3.63) is 57.6 Å². The quantitative estimate of drug-likeness (QED) is 0.501. The number of nitrogens with one attached hydrogen (secondary N) is 1. The minimum atomic E-state index is -3.99. The van der Waals surface area contributed by atoms with Crippen LogP contribution in [0.15, 0.2) is 36.4 Å². The molecule has 2 aromatic carbocycles. The van der Waals surface area contributed by atoms with Crippen LogP contribution in [-0.4, -0.2) is 38.7 Å². The van der Waals surface area contributed by atoms with Gasteiger partial charge in [-0.15, -0.1) is 0 Å². The maximum Gasteiger partial charge on any atom is 0.271 e. The summed E-state index contributed by atoms with van der Waals surface area (Å²) in [5.41, 5.74) is 1.87. The largest absolute Gasteiger partial charge is 0.495 e. The minimum Gasteiger partial charge on any atom is -0.495 e. The van der Waals surface area contributed by atoms with E-state index in [9.17, 15) is 23.3 Å². The summed E-state index contributed by atoms with van der Waals surface area (Å²) in [6.45, 7) is 5.33. The third-order valence-electron chi connectivity index (χ3n) is 4.67. The van der Waals surface area contributed by atoms with Crippen LogP contribution in [0.4, 0.5) is 17.1 Å². The monoisotopic (exact) mass is 435 g/mol. The molecular weight excluding hydrogens is 410 g/mol. The Balaban J connectivity index is 2.59. The molecule has 10 heteroatoms. The van der Waals surface area contributed by atoms with Crippen LogP contribution in [0.25, 0.3) is 0 Å². The first kappa shape index (κ1) is 23.1. The van der Waals surface area contributed by atoms with Gasteiger partial charge in [-0.2, -0.15) is 0 Å². The number of benzene rings is 2. The third-order valence-corrected chi connectivity index (χ3v) is 5.84. The summed E-state index contributed by atoms with van der Waals surface area (Å²) >= 11 is 0. The number of nitrogens with zero attached hydrogens (tertiary/aromatic N) is 2. The van der Waals surface area contributed by atoms with E-state index >= 15 is 0 Å². The summed E-state index contributed by atoms with van der Waals surface area (Å²) in [4.78, 5) is 23.7. The van der Waals surface area contributed by atoms with Crippen molar-refractivity contribution in [2.75, 3.05) is 23.0 Å². The number of anilines is 2. The summed E-state index contributed by atoms with van der Waals surface area (Å²) in [5.74, 6) is -0.446. The number of hydrogen-bond acceptors (Lipinski definition) is 6. The molecule has 0 aliphatic heterocycles. The van der Waals surface area contributed by atoms with Gasteiger partial charge in [0.25, 0.3) is 5.69 Å². The van der Waals surface area contributed by atoms with Gasteiger partial charge in [-0.1, -0.05) is 25.1 Å². The van der Waals surface area contributed by atoms with Gasteiger partial charge in [0, 0.05) is 17.8 Å². The smallest absolute Gasteiger partial charge is 0.271 e. The number of carbonyl (C=O) groups is 1. The SMILES string of the molecule is CC[C@@H](C(=O)Nc1c(C)cccc1C)N(c1cc([N+](=O)[O-])ccc1OC)S(C)(=O)=O. The van der Waals surface area contributed by atoms with Crippen LogP contribution in [0.2, 0.25) is 0 Å². The number of rotatable bonds is 8. The highest BCUT2D eigenvalue weighted by Crippen LogP contribution is 2.36. The van der Waals surface area contributed by atoms with Gasteiger partial charge in [0.2, 0.25) is 15.9 Å². The van der Waals surface area contributed by atoms with Crippen molar-refractivity contribution in [3.63, 3.8) is 0 Å². The molecule has 1 N–H and O–H groups in total. The number of aryl methyl sites for hydroxylation is 2. The number of para-hydroxylation sites is 1. The highest BCUT2D eigenvalue weighted by atomic mass is 32.2. The van der Waals surface area contributed by atoms with E-state index in [0.717, 1.165) is 27.8 Å². The Morgan fingerprint density at radius 1 is 1.23 bits per heavy atom. The van der Waals surface area contributed by atoms with E-state index in [1.807, 2.05) is 32.0 Å². The van der Waals surface area contributed by atoms with Gasteiger partial charge < -0.3 is 10.1 Å². The van der Waals surface area contributed by atoms with E-state index < -0.39 is 26.9 Å². The number of carbonyl (C=O) groups excluding carboxylic acids is 1. The van der Waals surface area contributed by atoms with E-state index in [2.05, 4.69) is 5.32 Å². The molecule has 0 heterocycles. The summed E-state index contributed by atoms with van der Waals surface area (Å²) in [6.07, 6.45) is 1.08. The summed E-state index contributed by atoms with van der Waals surface area (Å²) in [6, 6.07) is 7.99. The molecule has 162 valence electrons. The second-order valence-electron chi connectivity index (χ2n) is 6.85. The maximum atomic E-state index is 13.1. The molecular formula is C20H25N3O6S. The molecule has 1 atom stereocenters. The van der Waals surface area contributed by atoms with Crippen LogP contribution < -0.4 is 14.4 Å². The highest BCUT2D eigenvalue weighted by Gasteiger charge is 2.34. The molecule has 2 rings (SSSR count). The van der Waals surface area contributed by atoms with E-state index in [-0.39, 0.29) is 23.5 Å². The Labute approximate surface area is 175 Å². The van der Waals surface area contributed by atoms with Gasteiger partial charge in [0.05, 0.1) is 18.3 Å². The zero-order valence-corrected chi connectivity index (χ0v) is 18.3. The lowest BCUT2D eigenvalue weighted by atomic mass is 10.1. The Bertz CT molecular complexity index is 1050. The van der Waals surface area contributed by atoms with Crippen molar-refractivity contribution < 1.29 is 22.9 Å². The molecule has 1 amide bonds. The van der Waals surface area contributed by atoms with Crippen molar-refractivity contribution in [2.24, 2.45) is 0 Å². The molecule has 30 heavy (non-hydrogen) atoms. The first-order chi connectivity index (χ1) is 14.0. The molecule has 2 aromatic rings. The van der Waals surface area contributed by atoms with Crippen molar-refractivity contribution in [1.29, 1.82) is 0 Å². The van der Waals surface area contributed by atoms with E-state index in [1.165, 1.54) is 19.2 Å². The number of sulfonamides is 1. The number of nitro groups is 1.